The molecule has 1 fully saturated rings. The second-order valence-electron chi connectivity index (χ2n) is 9.39. The highest BCUT2D eigenvalue weighted by molar-refractivity contribution is 6.03. The van der Waals surface area contributed by atoms with E-state index in [0.29, 0.717) is 31.4 Å². The van der Waals surface area contributed by atoms with Crippen LogP contribution in [0, 0.1) is 0 Å². The van der Waals surface area contributed by atoms with E-state index in [1.165, 1.54) is 6.92 Å². The average molecular weight is 502 g/mol. The Hall–Kier alpha value is -3.27. The maximum Gasteiger partial charge on any atom is 0.246 e. The van der Waals surface area contributed by atoms with Gasteiger partial charge < -0.3 is 26.2 Å². The van der Waals surface area contributed by atoms with Crippen molar-refractivity contribution in [3.8, 4) is 0 Å². The van der Waals surface area contributed by atoms with E-state index in [9.17, 15) is 24.0 Å². The predicted octanol–water partition coefficient (Wildman–Crippen LogP) is 1.49. The Bertz CT molecular complexity index is 966. The Morgan fingerprint density at radius 1 is 1.14 bits per heavy atom. The monoisotopic (exact) mass is 501 g/mol. The van der Waals surface area contributed by atoms with Crippen LogP contribution < -0.4 is 21.3 Å². The van der Waals surface area contributed by atoms with Crippen molar-refractivity contribution in [1.82, 2.24) is 20.9 Å². The summed E-state index contributed by atoms with van der Waals surface area (Å²) in [6.07, 6.45) is 2.24. The number of nitrogens with one attached hydrogen (secondary N) is 4. The van der Waals surface area contributed by atoms with Crippen LogP contribution in [0.5, 0.6) is 0 Å². The van der Waals surface area contributed by atoms with Gasteiger partial charge in [-0.2, -0.15) is 0 Å². The molecule has 0 spiro atoms. The van der Waals surface area contributed by atoms with Crippen molar-refractivity contribution in [1.29, 1.82) is 0 Å². The zero-order chi connectivity index (χ0) is 26.8. The highest BCUT2D eigenvalue weighted by Gasteiger charge is 2.41. The van der Waals surface area contributed by atoms with Crippen molar-refractivity contribution in [2.45, 2.75) is 90.5 Å². The van der Waals surface area contributed by atoms with Crippen molar-refractivity contribution >= 4 is 35.1 Å². The molecule has 10 heteroatoms. The Kier molecular flexibility index (Phi) is 11.0. The second-order valence-corrected chi connectivity index (χ2v) is 9.39. The largest absolute Gasteiger partial charge is 0.350 e. The number of benzene rings is 1. The Morgan fingerprint density at radius 3 is 2.50 bits per heavy atom. The molecule has 0 bridgehead atoms. The van der Waals surface area contributed by atoms with Gasteiger partial charge in [0.2, 0.25) is 23.6 Å². The summed E-state index contributed by atoms with van der Waals surface area (Å²) in [6.45, 7) is 7.16. The van der Waals surface area contributed by atoms with Gasteiger partial charge in [-0.05, 0) is 64.8 Å². The van der Waals surface area contributed by atoms with E-state index < -0.39 is 24.0 Å². The molecule has 0 aromatic heterocycles. The third-order valence-corrected chi connectivity index (χ3v) is 6.33. The maximum atomic E-state index is 13.5. The molecule has 198 valence electrons. The molecule has 1 heterocycles. The van der Waals surface area contributed by atoms with Gasteiger partial charge in [0.25, 0.3) is 0 Å². The van der Waals surface area contributed by atoms with Gasteiger partial charge in [-0.3, -0.25) is 24.0 Å². The molecule has 1 aliphatic rings. The van der Waals surface area contributed by atoms with Crippen molar-refractivity contribution in [3.63, 3.8) is 0 Å². The average Bonchev–Trinajstić information content (AvgIpc) is 3.22. The molecule has 0 saturated carbocycles. The smallest absolute Gasteiger partial charge is 0.246 e. The number of carbonyl (C=O) groups excluding carboxylic acids is 5. The first-order chi connectivity index (χ1) is 17.1. The fourth-order valence-electron chi connectivity index (χ4n) is 4.26. The quantitative estimate of drug-likeness (QED) is 0.320. The summed E-state index contributed by atoms with van der Waals surface area (Å²) in [7, 11) is 1.68. The van der Waals surface area contributed by atoms with Crippen LogP contribution in [0.1, 0.15) is 65.4 Å². The number of anilines is 1. The van der Waals surface area contributed by atoms with Gasteiger partial charge in [-0.25, -0.2) is 0 Å². The first kappa shape index (κ1) is 29.0. The number of nitrogens with zero attached hydrogens (tertiary/aromatic N) is 1. The van der Waals surface area contributed by atoms with E-state index in [4.69, 9.17) is 0 Å². The standard InChI is InChI=1S/C26H39N5O5/c1-6-8-21(30-24(34)18(4)27-5)26(36)31-16(2)11-12-22(31)25(35)28-15-19-9-7-10-20(14-19)29-23(33)13-17(3)32/h7,9-10,14,16,18,21-22,27H,6,8,11-13,15H2,1-5H3,(H,28,35)(H,29,33)(H,30,34)/t16-,18-,21-,22-/m0/s1. The fraction of sp³-hybridized carbons (Fsp3) is 0.577. The second kappa shape index (κ2) is 13.7. The third-order valence-electron chi connectivity index (χ3n) is 6.33. The number of likely N-dealkylation sites (N-methyl/N-ethyl adjacent to an activating group) is 1. The molecule has 1 aliphatic heterocycles. The SMILES string of the molecule is CCC[C@H](NC(=O)[C@H](C)NC)C(=O)N1[C@@H](C)CC[C@H]1C(=O)NCc1cccc(NC(=O)CC(C)=O)c1. The lowest BCUT2D eigenvalue weighted by Crippen LogP contribution is -2.56. The van der Waals surface area contributed by atoms with E-state index in [2.05, 4.69) is 21.3 Å². The molecule has 36 heavy (non-hydrogen) atoms. The summed E-state index contributed by atoms with van der Waals surface area (Å²) in [6, 6.07) is 5.14. The van der Waals surface area contributed by atoms with Crippen LogP contribution in [0.3, 0.4) is 0 Å². The fourth-order valence-corrected chi connectivity index (χ4v) is 4.26. The molecule has 0 aliphatic carbocycles. The van der Waals surface area contributed by atoms with Crippen LogP contribution in [0.15, 0.2) is 24.3 Å². The molecule has 0 unspecified atom stereocenters. The van der Waals surface area contributed by atoms with Crippen molar-refractivity contribution in [3.05, 3.63) is 29.8 Å². The highest BCUT2D eigenvalue weighted by Crippen LogP contribution is 2.26. The molecule has 4 amide bonds. The summed E-state index contributed by atoms with van der Waals surface area (Å²) in [5, 5.41) is 11.3. The van der Waals surface area contributed by atoms with Crippen LogP contribution in [0.4, 0.5) is 5.69 Å². The number of hydrogen-bond acceptors (Lipinski definition) is 6. The minimum Gasteiger partial charge on any atom is -0.350 e. The number of amides is 4. The van der Waals surface area contributed by atoms with Gasteiger partial charge in [0, 0.05) is 18.3 Å². The zero-order valence-electron chi connectivity index (χ0n) is 21.8. The number of Topliss-reactive ketones (excluding diaryl/α,β-unsaturated/α-hetero) is 1. The lowest BCUT2D eigenvalue weighted by molar-refractivity contribution is -0.143. The molecule has 4 atom stereocenters. The summed E-state index contributed by atoms with van der Waals surface area (Å²) < 4.78 is 0. The molecule has 10 nitrogen and oxygen atoms in total. The first-order valence-corrected chi connectivity index (χ1v) is 12.5. The van der Waals surface area contributed by atoms with Crippen LogP contribution in [-0.2, 0) is 30.5 Å². The number of carbonyl (C=O) groups is 5. The number of rotatable bonds is 12. The van der Waals surface area contributed by atoms with Gasteiger partial charge in [0.1, 0.15) is 17.9 Å². The predicted molar refractivity (Wildman–Crippen MR) is 137 cm³/mol. The summed E-state index contributed by atoms with van der Waals surface area (Å²) >= 11 is 0. The van der Waals surface area contributed by atoms with E-state index in [-0.39, 0.29) is 42.5 Å². The van der Waals surface area contributed by atoms with E-state index in [1.807, 2.05) is 19.9 Å². The Morgan fingerprint density at radius 2 is 1.86 bits per heavy atom. The number of ketones is 1. The summed E-state index contributed by atoms with van der Waals surface area (Å²) in [5.74, 6) is -1.38. The number of hydrogen-bond donors (Lipinski definition) is 4. The van der Waals surface area contributed by atoms with Gasteiger partial charge in [-0.15, -0.1) is 0 Å². The number of likely N-dealkylation sites (tertiary alicyclic amines) is 1. The first-order valence-electron chi connectivity index (χ1n) is 12.5. The molecular formula is C26H39N5O5. The van der Waals surface area contributed by atoms with Crippen LogP contribution in [0.2, 0.25) is 0 Å². The molecule has 0 radical (unpaired) electrons. The van der Waals surface area contributed by atoms with Crippen molar-refractivity contribution in [2.75, 3.05) is 12.4 Å². The summed E-state index contributed by atoms with van der Waals surface area (Å²) in [4.78, 5) is 63.6. The van der Waals surface area contributed by atoms with Crippen molar-refractivity contribution < 1.29 is 24.0 Å². The molecule has 1 aromatic rings. The molecule has 1 saturated heterocycles. The van der Waals surface area contributed by atoms with Gasteiger partial charge in [0.05, 0.1) is 12.5 Å². The van der Waals surface area contributed by atoms with E-state index in [0.717, 1.165) is 5.56 Å². The van der Waals surface area contributed by atoms with Crippen LogP contribution >= 0.6 is 0 Å². The zero-order valence-corrected chi connectivity index (χ0v) is 21.8. The maximum absolute atomic E-state index is 13.5. The highest BCUT2D eigenvalue weighted by atomic mass is 16.2. The van der Waals surface area contributed by atoms with E-state index in [1.54, 1.807) is 37.1 Å². The molecule has 1 aromatic carbocycles. The Balaban J connectivity index is 2.05. The third kappa shape index (κ3) is 8.15. The molecule has 4 N–H and O–H groups in total. The minimum absolute atomic E-state index is 0.119. The normalized spacial score (nSPS) is 18.8. The van der Waals surface area contributed by atoms with Crippen LogP contribution in [0.25, 0.3) is 0 Å². The van der Waals surface area contributed by atoms with Gasteiger partial charge in [-0.1, -0.05) is 25.5 Å². The lowest BCUT2D eigenvalue weighted by Gasteiger charge is -2.32. The van der Waals surface area contributed by atoms with Crippen LogP contribution in [-0.4, -0.2) is 65.5 Å². The van der Waals surface area contributed by atoms with E-state index >= 15 is 0 Å². The summed E-state index contributed by atoms with van der Waals surface area (Å²) in [5.41, 5.74) is 1.30. The van der Waals surface area contributed by atoms with Gasteiger partial charge in [0.15, 0.2) is 0 Å². The minimum atomic E-state index is -0.690. The van der Waals surface area contributed by atoms with Crippen molar-refractivity contribution in [2.24, 2.45) is 0 Å². The molecular weight excluding hydrogens is 462 g/mol. The van der Waals surface area contributed by atoms with Gasteiger partial charge >= 0.3 is 0 Å². The Labute approximate surface area is 212 Å². The topological polar surface area (TPSA) is 137 Å². The molecule has 2 rings (SSSR count). The lowest BCUT2D eigenvalue weighted by atomic mass is 10.1.